The lowest BCUT2D eigenvalue weighted by Crippen LogP contribution is -2.37. The number of rotatable bonds is 1. The first-order valence-electron chi connectivity index (χ1n) is 6.89. The Morgan fingerprint density at radius 2 is 2.00 bits per heavy atom. The summed E-state index contributed by atoms with van der Waals surface area (Å²) in [5.41, 5.74) is 2.03. The minimum absolute atomic E-state index is 0.0413. The van der Waals surface area contributed by atoms with Gasteiger partial charge >= 0.3 is 0 Å². The van der Waals surface area contributed by atoms with Gasteiger partial charge in [0.2, 0.25) is 5.91 Å². The lowest BCUT2D eigenvalue weighted by atomic mass is 10.00. The van der Waals surface area contributed by atoms with Gasteiger partial charge in [-0.25, -0.2) is 8.42 Å². The Morgan fingerprint density at radius 1 is 1.20 bits per heavy atom. The van der Waals surface area contributed by atoms with Gasteiger partial charge in [-0.2, -0.15) is 0 Å². The maximum Gasteiger partial charge on any atom is 0.232 e. The second kappa shape index (κ2) is 5.09. The Hall–Kier alpha value is -1.56. The molecular formula is C14H18N2O3S. The first kappa shape index (κ1) is 13.4. The van der Waals surface area contributed by atoms with Crippen LogP contribution in [0.15, 0.2) is 24.3 Å². The van der Waals surface area contributed by atoms with Crippen molar-refractivity contribution in [1.29, 1.82) is 0 Å². The Kier molecular flexibility index (Phi) is 3.41. The van der Waals surface area contributed by atoms with E-state index in [4.69, 9.17) is 0 Å². The molecule has 0 spiro atoms. The predicted molar refractivity (Wildman–Crippen MR) is 77.5 cm³/mol. The fourth-order valence-electron chi connectivity index (χ4n) is 2.88. The molecular weight excluding hydrogens is 276 g/mol. The Bertz CT molecular complexity index is 627. The normalized spacial score (nSPS) is 24.6. The summed E-state index contributed by atoms with van der Waals surface area (Å²) in [5.74, 6) is 0.128. The molecule has 20 heavy (non-hydrogen) atoms. The molecule has 2 heterocycles. The molecule has 2 aliphatic rings. The largest absolute Gasteiger partial charge is 0.384 e. The van der Waals surface area contributed by atoms with Crippen molar-refractivity contribution in [3.05, 3.63) is 29.8 Å². The van der Waals surface area contributed by atoms with E-state index in [1.807, 2.05) is 24.3 Å². The number of amides is 1. The molecule has 5 nitrogen and oxygen atoms in total. The van der Waals surface area contributed by atoms with Crippen molar-refractivity contribution < 1.29 is 13.2 Å². The first-order chi connectivity index (χ1) is 9.57. The molecule has 0 bridgehead atoms. The van der Waals surface area contributed by atoms with Gasteiger partial charge in [0, 0.05) is 25.3 Å². The predicted octanol–water partition coefficient (Wildman–Crippen LogP) is 0.843. The molecule has 0 aromatic heterocycles. The van der Waals surface area contributed by atoms with Crippen LogP contribution in [0.5, 0.6) is 0 Å². The summed E-state index contributed by atoms with van der Waals surface area (Å²) in [7, 11) is -2.98. The number of carbonyl (C=O) groups excluding carboxylic acids is 1. The van der Waals surface area contributed by atoms with Gasteiger partial charge in [0.25, 0.3) is 0 Å². The number of anilines is 1. The fourth-order valence-corrected chi connectivity index (χ4v) is 4.16. The smallest absolute Gasteiger partial charge is 0.232 e. The summed E-state index contributed by atoms with van der Waals surface area (Å²) in [6, 6.07) is 7.80. The van der Waals surface area contributed by atoms with Crippen LogP contribution in [-0.4, -0.2) is 50.4 Å². The molecule has 1 atom stereocenters. The van der Waals surface area contributed by atoms with E-state index in [0.29, 0.717) is 26.1 Å². The van der Waals surface area contributed by atoms with Crippen molar-refractivity contribution in [3.8, 4) is 0 Å². The van der Waals surface area contributed by atoms with Gasteiger partial charge in [-0.15, -0.1) is 0 Å². The van der Waals surface area contributed by atoms with Crippen molar-refractivity contribution in [3.63, 3.8) is 0 Å². The Labute approximate surface area is 118 Å². The Balaban J connectivity index is 1.77. The summed E-state index contributed by atoms with van der Waals surface area (Å²) in [4.78, 5) is 14.3. The van der Waals surface area contributed by atoms with Crippen LogP contribution >= 0.6 is 0 Å². The highest BCUT2D eigenvalue weighted by molar-refractivity contribution is 7.91. The summed E-state index contributed by atoms with van der Waals surface area (Å²) in [6.45, 7) is 1.46. The Morgan fingerprint density at radius 3 is 2.85 bits per heavy atom. The second-order valence-corrected chi connectivity index (χ2v) is 7.66. The van der Waals surface area contributed by atoms with Crippen LogP contribution in [0.2, 0.25) is 0 Å². The number of nitrogens with zero attached hydrogens (tertiary/aromatic N) is 1. The molecule has 0 saturated carbocycles. The van der Waals surface area contributed by atoms with Gasteiger partial charge in [0.15, 0.2) is 9.84 Å². The number of carbonyl (C=O) groups is 1. The van der Waals surface area contributed by atoms with Gasteiger partial charge < -0.3 is 10.2 Å². The zero-order valence-electron chi connectivity index (χ0n) is 11.2. The highest BCUT2D eigenvalue weighted by Gasteiger charge is 2.32. The summed E-state index contributed by atoms with van der Waals surface area (Å²) in [5, 5.41) is 3.24. The van der Waals surface area contributed by atoms with Gasteiger partial charge in [-0.05, 0) is 18.1 Å². The van der Waals surface area contributed by atoms with Gasteiger partial charge in [-0.3, -0.25) is 4.79 Å². The average Bonchev–Trinajstić information content (AvgIpc) is 2.77. The van der Waals surface area contributed by atoms with E-state index < -0.39 is 9.84 Å². The third-order valence-electron chi connectivity index (χ3n) is 4.00. The lowest BCUT2D eigenvalue weighted by Gasteiger charge is -2.23. The van der Waals surface area contributed by atoms with Crippen LogP contribution < -0.4 is 5.32 Å². The van der Waals surface area contributed by atoms with Gasteiger partial charge in [0.05, 0.1) is 17.4 Å². The number of fused-ring (bicyclic) bond motifs is 1. The number of nitrogens with one attached hydrogen (secondary N) is 1. The van der Waals surface area contributed by atoms with E-state index in [1.54, 1.807) is 4.90 Å². The van der Waals surface area contributed by atoms with Crippen molar-refractivity contribution in [2.24, 2.45) is 0 Å². The van der Waals surface area contributed by atoms with Crippen molar-refractivity contribution >= 4 is 21.4 Å². The van der Waals surface area contributed by atoms with E-state index in [0.717, 1.165) is 11.3 Å². The maximum absolute atomic E-state index is 12.6. The molecule has 1 unspecified atom stereocenters. The summed E-state index contributed by atoms with van der Waals surface area (Å²) >= 11 is 0. The molecule has 1 aromatic rings. The summed E-state index contributed by atoms with van der Waals surface area (Å²) < 4.78 is 23.2. The lowest BCUT2D eigenvalue weighted by molar-refractivity contribution is -0.132. The van der Waals surface area contributed by atoms with Crippen LogP contribution in [0.1, 0.15) is 17.9 Å². The van der Waals surface area contributed by atoms with Crippen LogP contribution in [0.3, 0.4) is 0 Å². The van der Waals surface area contributed by atoms with Crippen molar-refractivity contribution in [2.45, 2.75) is 12.3 Å². The third kappa shape index (κ3) is 2.52. The molecule has 108 valence electrons. The number of sulfone groups is 1. The van der Waals surface area contributed by atoms with E-state index in [1.165, 1.54) is 0 Å². The average molecular weight is 294 g/mol. The summed E-state index contributed by atoms with van der Waals surface area (Å²) in [6.07, 6.45) is 0.538. The van der Waals surface area contributed by atoms with E-state index >= 15 is 0 Å². The molecule has 1 saturated heterocycles. The van der Waals surface area contributed by atoms with Crippen LogP contribution in [0.4, 0.5) is 5.69 Å². The zero-order chi connectivity index (χ0) is 14.2. The standard InChI is InChI=1S/C14H18N2O3S/c17-14(16-6-3-8-20(18,19)9-7-16)12-10-15-13-5-2-1-4-11(12)13/h1-2,4-5,12,15H,3,6-10H2. The van der Waals surface area contributed by atoms with Crippen LogP contribution in [-0.2, 0) is 14.6 Å². The minimum atomic E-state index is -2.98. The topological polar surface area (TPSA) is 66.5 Å². The minimum Gasteiger partial charge on any atom is -0.384 e. The molecule has 1 amide bonds. The fraction of sp³-hybridized carbons (Fsp3) is 0.500. The molecule has 3 rings (SSSR count). The van der Waals surface area contributed by atoms with E-state index in [9.17, 15) is 13.2 Å². The van der Waals surface area contributed by atoms with Crippen LogP contribution in [0, 0.1) is 0 Å². The first-order valence-corrected chi connectivity index (χ1v) is 8.71. The third-order valence-corrected chi connectivity index (χ3v) is 5.71. The highest BCUT2D eigenvalue weighted by Crippen LogP contribution is 2.32. The highest BCUT2D eigenvalue weighted by atomic mass is 32.2. The quantitative estimate of drug-likeness (QED) is 0.833. The second-order valence-electron chi connectivity index (χ2n) is 5.35. The maximum atomic E-state index is 12.6. The van der Waals surface area contributed by atoms with Gasteiger partial charge in [-0.1, -0.05) is 18.2 Å². The molecule has 0 radical (unpaired) electrons. The number of para-hydroxylation sites is 1. The molecule has 6 heteroatoms. The van der Waals surface area contributed by atoms with E-state index in [2.05, 4.69) is 5.32 Å². The molecule has 2 aliphatic heterocycles. The van der Waals surface area contributed by atoms with Crippen molar-refractivity contribution in [1.82, 2.24) is 4.90 Å². The molecule has 1 aromatic carbocycles. The number of hydrogen-bond donors (Lipinski definition) is 1. The van der Waals surface area contributed by atoms with Crippen molar-refractivity contribution in [2.75, 3.05) is 36.5 Å². The molecule has 1 N–H and O–H groups in total. The van der Waals surface area contributed by atoms with E-state index in [-0.39, 0.29) is 23.3 Å². The van der Waals surface area contributed by atoms with Crippen LogP contribution in [0.25, 0.3) is 0 Å². The zero-order valence-corrected chi connectivity index (χ0v) is 12.0. The number of benzene rings is 1. The SMILES string of the molecule is O=C(C1CNc2ccccc21)N1CCCS(=O)(=O)CC1. The molecule has 1 fully saturated rings. The van der Waals surface area contributed by atoms with Gasteiger partial charge in [0.1, 0.15) is 0 Å². The monoisotopic (exact) mass is 294 g/mol. The molecule has 0 aliphatic carbocycles. The number of hydrogen-bond acceptors (Lipinski definition) is 4.